The molecule has 0 spiro atoms. The van der Waals surface area contributed by atoms with Crippen LogP contribution in [-0.4, -0.2) is 25.6 Å². The first-order chi connectivity index (χ1) is 7.20. The largest absolute Gasteiger partial charge is 0.477 e. The van der Waals surface area contributed by atoms with Crippen LogP contribution in [-0.2, 0) is 4.79 Å². The Bertz CT molecular complexity index is 390. The van der Waals surface area contributed by atoms with Crippen LogP contribution in [0, 0.1) is 6.92 Å². The lowest BCUT2D eigenvalue weighted by Gasteiger charge is -2.26. The zero-order valence-corrected chi connectivity index (χ0v) is 8.83. The van der Waals surface area contributed by atoms with Crippen molar-refractivity contribution in [1.29, 1.82) is 0 Å². The molecular weight excluding hydrogens is 192 g/mol. The second kappa shape index (κ2) is 3.81. The fourth-order valence-corrected chi connectivity index (χ4v) is 1.58. The Hall–Kier alpha value is -1.71. The van der Waals surface area contributed by atoms with Crippen LogP contribution < -0.4 is 15.4 Å². The molecule has 1 aromatic rings. The van der Waals surface area contributed by atoms with Crippen LogP contribution >= 0.6 is 0 Å². The second-order valence-corrected chi connectivity index (χ2v) is 3.60. The van der Waals surface area contributed by atoms with Crippen molar-refractivity contribution in [3.63, 3.8) is 0 Å². The highest BCUT2D eigenvalue weighted by atomic mass is 16.5. The van der Waals surface area contributed by atoms with E-state index >= 15 is 0 Å². The topological polar surface area (TPSA) is 50.4 Å². The molecule has 2 N–H and O–H groups in total. The fourth-order valence-electron chi connectivity index (χ4n) is 1.58. The third-order valence-corrected chi connectivity index (χ3v) is 2.42. The summed E-state index contributed by atoms with van der Waals surface area (Å²) in [5.74, 6) is 0.643. The molecule has 0 bridgehead atoms. The number of carbonyl (C=O) groups is 1. The summed E-state index contributed by atoms with van der Waals surface area (Å²) in [4.78, 5) is 11.4. The number of aryl methyl sites for hydroxylation is 1. The van der Waals surface area contributed by atoms with Gasteiger partial charge in [0.2, 0.25) is 0 Å². The molecule has 4 nitrogen and oxygen atoms in total. The maximum absolute atomic E-state index is 11.4. The number of hydrogen-bond donors (Lipinski definition) is 2. The number of ether oxygens (including phenoxy) is 1. The Morgan fingerprint density at radius 2 is 2.40 bits per heavy atom. The van der Waals surface area contributed by atoms with Crippen molar-refractivity contribution in [3.8, 4) is 5.75 Å². The Labute approximate surface area is 88.6 Å². The van der Waals surface area contributed by atoms with Crippen LogP contribution in [0.2, 0.25) is 0 Å². The molecule has 1 aliphatic heterocycles. The first kappa shape index (κ1) is 9.83. The number of carbonyl (C=O) groups excluding carboxylic acids is 1. The molecule has 0 radical (unpaired) electrons. The molecular formula is C11H14N2O2. The fraction of sp³-hybridized carbons (Fsp3) is 0.364. The van der Waals surface area contributed by atoms with E-state index in [1.165, 1.54) is 0 Å². The number of nitrogens with one attached hydrogen (secondary N) is 2. The van der Waals surface area contributed by atoms with Crippen molar-refractivity contribution >= 4 is 11.6 Å². The molecule has 0 aliphatic carbocycles. The third kappa shape index (κ3) is 1.88. The molecule has 15 heavy (non-hydrogen) atoms. The van der Waals surface area contributed by atoms with Crippen molar-refractivity contribution in [2.75, 3.05) is 18.9 Å². The van der Waals surface area contributed by atoms with Crippen molar-refractivity contribution in [1.82, 2.24) is 5.32 Å². The van der Waals surface area contributed by atoms with Crippen molar-refractivity contribution in [2.45, 2.75) is 13.0 Å². The van der Waals surface area contributed by atoms with E-state index < -0.39 is 6.10 Å². The molecule has 4 heteroatoms. The van der Waals surface area contributed by atoms with Gasteiger partial charge in [0.1, 0.15) is 5.75 Å². The highest BCUT2D eigenvalue weighted by Gasteiger charge is 2.24. The summed E-state index contributed by atoms with van der Waals surface area (Å²) in [5, 5.41) is 5.75. The van der Waals surface area contributed by atoms with Crippen LogP contribution in [0.4, 0.5) is 5.69 Å². The van der Waals surface area contributed by atoms with E-state index in [-0.39, 0.29) is 5.91 Å². The van der Waals surface area contributed by atoms with Gasteiger partial charge in [-0.25, -0.2) is 0 Å². The van der Waals surface area contributed by atoms with Gasteiger partial charge in [0.25, 0.3) is 5.91 Å². The van der Waals surface area contributed by atoms with E-state index in [1.807, 2.05) is 25.1 Å². The lowest BCUT2D eigenvalue weighted by Crippen LogP contribution is -2.43. The minimum Gasteiger partial charge on any atom is -0.477 e. The van der Waals surface area contributed by atoms with Gasteiger partial charge in [0, 0.05) is 7.05 Å². The van der Waals surface area contributed by atoms with Crippen molar-refractivity contribution in [3.05, 3.63) is 23.8 Å². The minimum absolute atomic E-state index is 0.102. The summed E-state index contributed by atoms with van der Waals surface area (Å²) in [6, 6.07) is 5.90. The lowest BCUT2D eigenvalue weighted by atomic mass is 10.1. The number of rotatable bonds is 1. The van der Waals surface area contributed by atoms with E-state index in [0.29, 0.717) is 6.54 Å². The first-order valence-corrected chi connectivity index (χ1v) is 4.93. The predicted octanol–water partition coefficient (Wildman–Crippen LogP) is 0.914. The highest BCUT2D eigenvalue weighted by molar-refractivity contribution is 5.82. The van der Waals surface area contributed by atoms with Crippen LogP contribution in [0.1, 0.15) is 5.56 Å². The number of benzene rings is 1. The summed E-state index contributed by atoms with van der Waals surface area (Å²) in [7, 11) is 1.61. The molecule has 0 fully saturated rings. The van der Waals surface area contributed by atoms with E-state index in [2.05, 4.69) is 10.6 Å². The Morgan fingerprint density at radius 3 is 3.13 bits per heavy atom. The maximum atomic E-state index is 11.4. The molecule has 1 atom stereocenters. The smallest absolute Gasteiger partial charge is 0.262 e. The van der Waals surface area contributed by atoms with Crippen LogP contribution in [0.15, 0.2) is 18.2 Å². The zero-order valence-electron chi connectivity index (χ0n) is 8.83. The molecule has 1 aliphatic rings. The van der Waals surface area contributed by atoms with Gasteiger partial charge in [-0.05, 0) is 24.6 Å². The molecule has 80 valence electrons. The maximum Gasteiger partial charge on any atom is 0.262 e. The van der Waals surface area contributed by atoms with Gasteiger partial charge in [-0.15, -0.1) is 0 Å². The third-order valence-electron chi connectivity index (χ3n) is 2.42. The SMILES string of the molecule is CNC(=O)C1CNc2ccc(C)cc2O1. The number of anilines is 1. The van der Waals surface area contributed by atoms with Gasteiger partial charge in [-0.2, -0.15) is 0 Å². The molecule has 1 heterocycles. The number of amides is 1. The summed E-state index contributed by atoms with van der Waals surface area (Å²) in [5.41, 5.74) is 2.06. The Balaban J connectivity index is 2.22. The summed E-state index contributed by atoms with van der Waals surface area (Å²) < 4.78 is 5.59. The van der Waals surface area contributed by atoms with E-state index in [1.54, 1.807) is 7.05 Å². The summed E-state index contributed by atoms with van der Waals surface area (Å²) in [6.07, 6.45) is -0.440. The number of hydrogen-bond acceptors (Lipinski definition) is 3. The minimum atomic E-state index is -0.440. The quantitative estimate of drug-likeness (QED) is 0.718. The van der Waals surface area contributed by atoms with E-state index in [0.717, 1.165) is 17.0 Å². The average Bonchev–Trinajstić information content (AvgIpc) is 2.27. The van der Waals surface area contributed by atoms with Crippen LogP contribution in [0.5, 0.6) is 5.75 Å². The summed E-state index contributed by atoms with van der Waals surface area (Å²) in [6.45, 7) is 2.50. The predicted molar refractivity (Wildman–Crippen MR) is 58.2 cm³/mol. The average molecular weight is 206 g/mol. The van der Waals surface area contributed by atoms with Crippen LogP contribution in [0.3, 0.4) is 0 Å². The number of likely N-dealkylation sites (N-methyl/N-ethyl adjacent to an activating group) is 1. The van der Waals surface area contributed by atoms with Crippen molar-refractivity contribution in [2.24, 2.45) is 0 Å². The molecule has 2 rings (SSSR count). The molecule has 1 aromatic carbocycles. The Kier molecular flexibility index (Phi) is 2.49. The van der Waals surface area contributed by atoms with Gasteiger partial charge in [-0.3, -0.25) is 4.79 Å². The number of fused-ring (bicyclic) bond motifs is 1. The lowest BCUT2D eigenvalue weighted by molar-refractivity contribution is -0.127. The first-order valence-electron chi connectivity index (χ1n) is 4.93. The Morgan fingerprint density at radius 1 is 1.60 bits per heavy atom. The van der Waals surface area contributed by atoms with Gasteiger partial charge in [-0.1, -0.05) is 6.07 Å². The van der Waals surface area contributed by atoms with E-state index in [9.17, 15) is 4.79 Å². The van der Waals surface area contributed by atoms with Crippen molar-refractivity contribution < 1.29 is 9.53 Å². The van der Waals surface area contributed by atoms with Gasteiger partial charge in [0.15, 0.2) is 6.10 Å². The summed E-state index contributed by atoms with van der Waals surface area (Å²) >= 11 is 0. The zero-order chi connectivity index (χ0) is 10.8. The molecule has 1 unspecified atom stereocenters. The molecule has 0 aromatic heterocycles. The van der Waals surface area contributed by atoms with Gasteiger partial charge in [0.05, 0.1) is 12.2 Å². The second-order valence-electron chi connectivity index (χ2n) is 3.60. The van der Waals surface area contributed by atoms with Gasteiger partial charge >= 0.3 is 0 Å². The highest BCUT2D eigenvalue weighted by Crippen LogP contribution is 2.29. The standard InChI is InChI=1S/C11H14N2O2/c1-7-3-4-8-9(5-7)15-10(6-13-8)11(14)12-2/h3-5,10,13H,6H2,1-2H3,(H,12,14). The van der Waals surface area contributed by atoms with Crippen LogP contribution in [0.25, 0.3) is 0 Å². The normalized spacial score (nSPS) is 18.4. The van der Waals surface area contributed by atoms with Gasteiger partial charge < -0.3 is 15.4 Å². The monoisotopic (exact) mass is 206 g/mol. The molecule has 1 amide bonds. The molecule has 0 saturated carbocycles. The molecule has 0 saturated heterocycles. The van der Waals surface area contributed by atoms with E-state index in [4.69, 9.17) is 4.74 Å².